The predicted octanol–water partition coefficient (Wildman–Crippen LogP) is 3.37. The number of thiophene rings is 1. The lowest BCUT2D eigenvalue weighted by atomic mass is 9.93. The lowest BCUT2D eigenvalue weighted by molar-refractivity contribution is 0.0784. The fraction of sp³-hybridized carbons (Fsp3) is 0.500. The summed E-state index contributed by atoms with van der Waals surface area (Å²) in [5, 5.41) is 0.937. The Bertz CT molecular complexity index is 733. The van der Waals surface area contributed by atoms with Crippen LogP contribution >= 0.6 is 11.3 Å². The molecule has 2 aromatic rings. The van der Waals surface area contributed by atoms with Crippen molar-refractivity contribution in [2.45, 2.75) is 34.1 Å². The lowest BCUT2D eigenvalue weighted by Crippen LogP contribution is -2.30. The molecule has 0 aliphatic carbocycles. The summed E-state index contributed by atoms with van der Waals surface area (Å²) in [6.07, 6.45) is 1.04. The fourth-order valence-corrected chi connectivity index (χ4v) is 4.24. The van der Waals surface area contributed by atoms with Gasteiger partial charge in [-0.25, -0.2) is 4.98 Å². The van der Waals surface area contributed by atoms with E-state index in [9.17, 15) is 4.79 Å². The van der Waals surface area contributed by atoms with E-state index in [-0.39, 0.29) is 11.3 Å². The first-order chi connectivity index (χ1) is 9.78. The number of fused-ring (bicyclic) bond motifs is 1. The summed E-state index contributed by atoms with van der Waals surface area (Å²) in [6, 6.07) is 2.01. The van der Waals surface area contributed by atoms with Gasteiger partial charge in [-0.2, -0.15) is 0 Å². The molecule has 0 aromatic carbocycles. The Balaban J connectivity index is 2.03. The third-order valence-corrected chi connectivity index (χ3v) is 5.27. The first-order valence-electron chi connectivity index (χ1n) is 7.24. The molecule has 0 spiro atoms. The van der Waals surface area contributed by atoms with Gasteiger partial charge >= 0.3 is 0 Å². The van der Waals surface area contributed by atoms with Gasteiger partial charge in [-0.3, -0.25) is 4.79 Å². The molecule has 4 nitrogen and oxygen atoms in total. The Morgan fingerprint density at radius 1 is 1.43 bits per heavy atom. The molecule has 1 saturated heterocycles. The molecule has 21 heavy (non-hydrogen) atoms. The highest BCUT2D eigenvalue weighted by molar-refractivity contribution is 7.21. The SMILES string of the molecule is Cc1cc(C)c2c(N)c(C(=O)N3CCC(C)(C)C3)sc2n1. The molecule has 1 fully saturated rings. The van der Waals surface area contributed by atoms with Crippen LogP contribution in [0.25, 0.3) is 10.2 Å². The topological polar surface area (TPSA) is 59.2 Å². The lowest BCUT2D eigenvalue weighted by Gasteiger charge is -2.19. The maximum atomic E-state index is 12.7. The second kappa shape index (κ2) is 4.70. The first-order valence-corrected chi connectivity index (χ1v) is 8.06. The van der Waals surface area contributed by atoms with Crippen LogP contribution in [0.5, 0.6) is 0 Å². The number of rotatable bonds is 1. The highest BCUT2D eigenvalue weighted by atomic mass is 32.1. The second-order valence-electron chi connectivity index (χ2n) is 6.75. The van der Waals surface area contributed by atoms with Gasteiger partial charge in [0.05, 0.1) is 5.69 Å². The van der Waals surface area contributed by atoms with Crippen LogP contribution in [-0.4, -0.2) is 28.9 Å². The molecule has 0 radical (unpaired) electrons. The van der Waals surface area contributed by atoms with E-state index in [0.29, 0.717) is 10.6 Å². The molecule has 1 aliphatic heterocycles. The standard InChI is InChI=1S/C16H21N3OS/c1-9-7-10(2)18-14-11(9)12(17)13(21-14)15(20)19-6-5-16(3,4)8-19/h7H,5-6,8,17H2,1-4H3. The molecule has 0 bridgehead atoms. The van der Waals surface area contributed by atoms with Crippen molar-refractivity contribution in [1.29, 1.82) is 0 Å². The van der Waals surface area contributed by atoms with Gasteiger partial charge in [0.15, 0.2) is 0 Å². The molecule has 5 heteroatoms. The summed E-state index contributed by atoms with van der Waals surface area (Å²) in [7, 11) is 0. The van der Waals surface area contributed by atoms with Crippen molar-refractivity contribution in [1.82, 2.24) is 9.88 Å². The van der Waals surface area contributed by atoms with E-state index in [2.05, 4.69) is 18.8 Å². The van der Waals surface area contributed by atoms with Gasteiger partial charge in [-0.05, 0) is 37.3 Å². The number of nitrogens with two attached hydrogens (primary N) is 1. The number of likely N-dealkylation sites (tertiary alicyclic amines) is 1. The zero-order valence-corrected chi connectivity index (χ0v) is 13.8. The van der Waals surface area contributed by atoms with Crippen LogP contribution in [-0.2, 0) is 0 Å². The van der Waals surface area contributed by atoms with Crippen molar-refractivity contribution in [3.8, 4) is 0 Å². The number of aromatic nitrogens is 1. The largest absolute Gasteiger partial charge is 0.397 e. The highest BCUT2D eigenvalue weighted by Crippen LogP contribution is 2.37. The normalized spacial score (nSPS) is 17.6. The Kier molecular flexibility index (Phi) is 3.20. The van der Waals surface area contributed by atoms with Crippen LogP contribution in [0.4, 0.5) is 5.69 Å². The molecule has 112 valence electrons. The summed E-state index contributed by atoms with van der Waals surface area (Å²) >= 11 is 1.42. The monoisotopic (exact) mass is 303 g/mol. The number of aryl methyl sites for hydroxylation is 2. The number of hydrogen-bond acceptors (Lipinski definition) is 4. The molecule has 2 aromatic heterocycles. The Labute approximate surface area is 129 Å². The van der Waals surface area contributed by atoms with Crippen LogP contribution in [0.2, 0.25) is 0 Å². The number of carbonyl (C=O) groups excluding carboxylic acids is 1. The van der Waals surface area contributed by atoms with Crippen LogP contribution in [0.15, 0.2) is 6.07 Å². The van der Waals surface area contributed by atoms with Crippen LogP contribution in [0.3, 0.4) is 0 Å². The molecule has 3 rings (SSSR count). The van der Waals surface area contributed by atoms with Crippen molar-refractivity contribution in [2.24, 2.45) is 5.41 Å². The number of hydrogen-bond donors (Lipinski definition) is 1. The summed E-state index contributed by atoms with van der Waals surface area (Å²) in [5.41, 5.74) is 9.09. The van der Waals surface area contributed by atoms with E-state index in [4.69, 9.17) is 5.73 Å². The van der Waals surface area contributed by atoms with Crippen LogP contribution in [0.1, 0.15) is 41.2 Å². The molecule has 0 saturated carbocycles. The number of amides is 1. The van der Waals surface area contributed by atoms with Gasteiger partial charge in [0.2, 0.25) is 0 Å². The summed E-state index contributed by atoms with van der Waals surface area (Å²) in [6.45, 7) is 9.99. The summed E-state index contributed by atoms with van der Waals surface area (Å²) in [4.78, 5) is 20.7. The van der Waals surface area contributed by atoms with E-state index in [0.717, 1.165) is 41.0 Å². The van der Waals surface area contributed by atoms with E-state index in [1.54, 1.807) is 0 Å². The number of pyridine rings is 1. The number of anilines is 1. The van der Waals surface area contributed by atoms with Crippen molar-refractivity contribution in [3.05, 3.63) is 22.2 Å². The molecule has 3 heterocycles. The quantitative estimate of drug-likeness (QED) is 0.878. The first kappa shape index (κ1) is 14.3. The van der Waals surface area contributed by atoms with Gasteiger partial charge < -0.3 is 10.6 Å². The Morgan fingerprint density at radius 3 is 2.76 bits per heavy atom. The van der Waals surface area contributed by atoms with Gasteiger partial charge in [-0.15, -0.1) is 11.3 Å². The zero-order valence-electron chi connectivity index (χ0n) is 13.0. The zero-order chi connectivity index (χ0) is 15.4. The number of carbonyl (C=O) groups is 1. The summed E-state index contributed by atoms with van der Waals surface area (Å²) in [5.74, 6) is 0.0538. The molecule has 2 N–H and O–H groups in total. The second-order valence-corrected chi connectivity index (χ2v) is 7.75. The summed E-state index contributed by atoms with van der Waals surface area (Å²) < 4.78 is 0. The van der Waals surface area contributed by atoms with Crippen molar-refractivity contribution in [2.75, 3.05) is 18.8 Å². The molecular weight excluding hydrogens is 282 g/mol. The third kappa shape index (κ3) is 2.39. The molecule has 1 aliphatic rings. The minimum atomic E-state index is 0.0538. The molecule has 0 unspecified atom stereocenters. The average Bonchev–Trinajstić information content (AvgIpc) is 2.89. The van der Waals surface area contributed by atoms with E-state index >= 15 is 0 Å². The Morgan fingerprint density at radius 2 is 2.14 bits per heavy atom. The van der Waals surface area contributed by atoms with E-state index < -0.39 is 0 Å². The smallest absolute Gasteiger partial charge is 0.266 e. The Hall–Kier alpha value is -1.62. The highest BCUT2D eigenvalue weighted by Gasteiger charge is 2.34. The van der Waals surface area contributed by atoms with Crippen LogP contribution in [0, 0.1) is 19.3 Å². The third-order valence-electron chi connectivity index (χ3n) is 4.18. The number of nitrogen functional groups attached to an aromatic ring is 1. The van der Waals surface area contributed by atoms with E-state index in [1.165, 1.54) is 11.3 Å². The van der Waals surface area contributed by atoms with Gasteiger partial charge in [0, 0.05) is 24.2 Å². The van der Waals surface area contributed by atoms with Gasteiger partial charge in [-0.1, -0.05) is 13.8 Å². The minimum Gasteiger partial charge on any atom is -0.397 e. The van der Waals surface area contributed by atoms with Crippen molar-refractivity contribution >= 4 is 33.1 Å². The van der Waals surface area contributed by atoms with Gasteiger partial charge in [0.1, 0.15) is 9.71 Å². The van der Waals surface area contributed by atoms with Crippen LogP contribution < -0.4 is 5.73 Å². The number of nitrogens with zero attached hydrogens (tertiary/aromatic N) is 2. The molecule has 1 amide bonds. The van der Waals surface area contributed by atoms with Crippen molar-refractivity contribution in [3.63, 3.8) is 0 Å². The maximum absolute atomic E-state index is 12.7. The predicted molar refractivity (Wildman–Crippen MR) is 87.8 cm³/mol. The maximum Gasteiger partial charge on any atom is 0.266 e. The minimum absolute atomic E-state index is 0.0538. The average molecular weight is 303 g/mol. The molecule has 0 atom stereocenters. The fourth-order valence-electron chi connectivity index (χ4n) is 3.06. The van der Waals surface area contributed by atoms with Crippen molar-refractivity contribution < 1.29 is 4.79 Å². The van der Waals surface area contributed by atoms with Gasteiger partial charge in [0.25, 0.3) is 5.91 Å². The van der Waals surface area contributed by atoms with E-state index in [1.807, 2.05) is 24.8 Å². The molecular formula is C16H21N3OS.